The normalized spacial score (nSPS) is 14.8. The standard InChI is InChI=1S/C19H25N3O4S2.C2H6.H2/c1-3-14(4-2)18(23)21-19-20-17(13-27-19)15-5-7-16(8-6-15)28(24,25)22-9-11-26-12-10-22;1-2;/h5-8,13-14H,3-4,9-12H2,1-2H3,(H,20,21,23);1-2H3;1H. The van der Waals surface area contributed by atoms with Crippen LogP contribution >= 0.6 is 11.3 Å². The fraction of sp³-hybridized carbons (Fsp3) is 0.524. The van der Waals surface area contributed by atoms with Crippen LogP contribution in [0.1, 0.15) is 42.0 Å². The molecule has 168 valence electrons. The van der Waals surface area contributed by atoms with Crippen molar-refractivity contribution in [2.24, 2.45) is 5.92 Å². The maximum atomic E-state index is 12.7. The minimum absolute atomic E-state index is 0. The molecular weight excluding hydrogens is 422 g/mol. The fourth-order valence-corrected chi connectivity index (χ4v) is 5.19. The van der Waals surface area contributed by atoms with Crippen LogP contribution in [0.25, 0.3) is 11.3 Å². The first kappa shape index (κ1) is 24.5. The predicted molar refractivity (Wildman–Crippen MR) is 123 cm³/mol. The Morgan fingerprint density at radius 3 is 2.37 bits per heavy atom. The summed E-state index contributed by atoms with van der Waals surface area (Å²) in [5.74, 6) is -0.0325. The highest BCUT2D eigenvalue weighted by Gasteiger charge is 2.26. The molecule has 1 N–H and O–H groups in total. The molecule has 1 fully saturated rings. The molecule has 1 aliphatic rings. The molecule has 9 heteroatoms. The number of rotatable bonds is 7. The highest BCUT2D eigenvalue weighted by atomic mass is 32.2. The van der Waals surface area contributed by atoms with Gasteiger partial charge in [-0.3, -0.25) is 4.79 Å². The Hall–Kier alpha value is -1.81. The van der Waals surface area contributed by atoms with E-state index in [9.17, 15) is 13.2 Å². The minimum atomic E-state index is -3.51. The summed E-state index contributed by atoms with van der Waals surface area (Å²) in [7, 11) is -3.51. The SMILES string of the molecule is CC.CCC(CC)C(=O)Nc1nc(-c2ccc(S(=O)(=O)N3CCOCC3)cc2)cs1.[HH]. The molecule has 1 amide bonds. The first-order valence-corrected chi connectivity index (χ1v) is 12.7. The van der Waals surface area contributed by atoms with Crippen LogP contribution in [0.5, 0.6) is 0 Å². The first-order valence-electron chi connectivity index (χ1n) is 10.4. The average Bonchev–Trinajstić information content (AvgIpc) is 3.25. The number of aromatic nitrogens is 1. The number of morpholine rings is 1. The lowest BCUT2D eigenvalue weighted by atomic mass is 10.0. The van der Waals surface area contributed by atoms with Crippen molar-refractivity contribution in [1.82, 2.24) is 9.29 Å². The van der Waals surface area contributed by atoms with Gasteiger partial charge in [0.25, 0.3) is 0 Å². The number of carbonyl (C=O) groups is 1. The van der Waals surface area contributed by atoms with Crippen molar-refractivity contribution in [3.8, 4) is 11.3 Å². The number of nitrogens with one attached hydrogen (secondary N) is 1. The molecule has 1 saturated heterocycles. The third-order valence-electron chi connectivity index (χ3n) is 4.85. The van der Waals surface area contributed by atoms with Crippen LogP contribution in [-0.4, -0.2) is 49.9 Å². The molecule has 0 atom stereocenters. The molecule has 0 aliphatic carbocycles. The number of hydrogen-bond donors (Lipinski definition) is 1. The Morgan fingerprint density at radius 2 is 1.80 bits per heavy atom. The maximum Gasteiger partial charge on any atom is 0.243 e. The zero-order valence-corrected chi connectivity index (χ0v) is 19.7. The van der Waals surface area contributed by atoms with E-state index in [1.54, 1.807) is 24.3 Å². The van der Waals surface area contributed by atoms with Gasteiger partial charge in [0.15, 0.2) is 5.13 Å². The summed E-state index contributed by atoms with van der Waals surface area (Å²) in [4.78, 5) is 16.9. The topological polar surface area (TPSA) is 88.6 Å². The van der Waals surface area contributed by atoms with E-state index in [0.29, 0.717) is 37.1 Å². The number of amides is 1. The second-order valence-corrected chi connectivity index (χ2v) is 9.38. The lowest BCUT2D eigenvalue weighted by molar-refractivity contribution is -0.120. The van der Waals surface area contributed by atoms with Gasteiger partial charge in [-0.15, -0.1) is 11.3 Å². The molecule has 0 radical (unpaired) electrons. The monoisotopic (exact) mass is 455 g/mol. The second kappa shape index (κ2) is 11.5. The third-order valence-corrected chi connectivity index (χ3v) is 7.52. The van der Waals surface area contributed by atoms with Crippen LogP contribution in [-0.2, 0) is 19.6 Å². The van der Waals surface area contributed by atoms with Crippen LogP contribution in [0.2, 0.25) is 0 Å². The largest absolute Gasteiger partial charge is 0.379 e. The van der Waals surface area contributed by atoms with Crippen LogP contribution in [0.4, 0.5) is 5.13 Å². The van der Waals surface area contributed by atoms with E-state index in [2.05, 4.69) is 10.3 Å². The van der Waals surface area contributed by atoms with Gasteiger partial charge in [0.2, 0.25) is 15.9 Å². The summed E-state index contributed by atoms with van der Waals surface area (Å²) < 4.78 is 32.0. The number of benzene rings is 1. The summed E-state index contributed by atoms with van der Waals surface area (Å²) in [5, 5.41) is 5.27. The number of sulfonamides is 1. The van der Waals surface area contributed by atoms with E-state index in [1.807, 2.05) is 33.1 Å². The maximum absolute atomic E-state index is 12.7. The van der Waals surface area contributed by atoms with E-state index >= 15 is 0 Å². The molecule has 0 unspecified atom stereocenters. The fourth-order valence-electron chi connectivity index (χ4n) is 3.06. The number of hydrogen-bond acceptors (Lipinski definition) is 6. The summed E-state index contributed by atoms with van der Waals surface area (Å²) in [6.45, 7) is 9.57. The van der Waals surface area contributed by atoms with Gasteiger partial charge in [0.1, 0.15) is 0 Å². The van der Waals surface area contributed by atoms with Crippen LogP contribution in [0.3, 0.4) is 0 Å². The van der Waals surface area contributed by atoms with Crippen LogP contribution in [0.15, 0.2) is 34.5 Å². The quantitative estimate of drug-likeness (QED) is 0.665. The summed E-state index contributed by atoms with van der Waals surface area (Å²) in [5.41, 5.74) is 1.51. The Balaban J connectivity index is 0.00000156. The molecule has 1 aliphatic heterocycles. The Bertz CT molecular complexity index is 907. The van der Waals surface area contributed by atoms with E-state index in [4.69, 9.17) is 4.74 Å². The lowest BCUT2D eigenvalue weighted by Crippen LogP contribution is -2.40. The zero-order chi connectivity index (χ0) is 22.1. The van der Waals surface area contributed by atoms with Gasteiger partial charge in [-0.05, 0) is 25.0 Å². The molecule has 1 aromatic carbocycles. The van der Waals surface area contributed by atoms with Gasteiger partial charge in [0, 0.05) is 31.4 Å². The molecule has 7 nitrogen and oxygen atoms in total. The Labute approximate surface area is 185 Å². The van der Waals surface area contributed by atoms with Crippen molar-refractivity contribution >= 4 is 32.4 Å². The van der Waals surface area contributed by atoms with Gasteiger partial charge in [-0.1, -0.05) is 39.8 Å². The number of anilines is 1. The number of ether oxygens (including phenoxy) is 1. The molecule has 0 saturated carbocycles. The molecule has 0 spiro atoms. The van der Waals surface area contributed by atoms with Gasteiger partial charge in [-0.2, -0.15) is 4.31 Å². The van der Waals surface area contributed by atoms with Gasteiger partial charge < -0.3 is 10.1 Å². The molecule has 2 heterocycles. The van der Waals surface area contributed by atoms with Crippen molar-refractivity contribution in [3.63, 3.8) is 0 Å². The third kappa shape index (κ3) is 5.87. The average molecular weight is 456 g/mol. The molecule has 0 bridgehead atoms. The number of nitrogens with zero attached hydrogens (tertiary/aromatic N) is 2. The predicted octanol–water partition coefficient (Wildman–Crippen LogP) is 4.48. The summed E-state index contributed by atoms with van der Waals surface area (Å²) >= 11 is 1.36. The van der Waals surface area contributed by atoms with Gasteiger partial charge >= 0.3 is 0 Å². The molecule has 1 aromatic heterocycles. The number of thiazole rings is 1. The molecule has 3 rings (SSSR count). The van der Waals surface area contributed by atoms with Crippen LogP contribution < -0.4 is 5.32 Å². The van der Waals surface area contributed by atoms with Crippen molar-refractivity contribution in [1.29, 1.82) is 0 Å². The van der Waals surface area contributed by atoms with Gasteiger partial charge in [0.05, 0.1) is 23.8 Å². The van der Waals surface area contributed by atoms with Crippen LogP contribution in [0, 0.1) is 5.92 Å². The molecular formula is C21H33N3O4S2. The van der Waals surface area contributed by atoms with E-state index in [0.717, 1.165) is 18.4 Å². The molecule has 30 heavy (non-hydrogen) atoms. The lowest BCUT2D eigenvalue weighted by Gasteiger charge is -2.26. The number of carbonyl (C=O) groups excluding carboxylic acids is 1. The Kier molecular flexibility index (Phi) is 9.41. The van der Waals surface area contributed by atoms with Crippen molar-refractivity contribution in [2.75, 3.05) is 31.6 Å². The highest BCUT2D eigenvalue weighted by molar-refractivity contribution is 7.89. The van der Waals surface area contributed by atoms with E-state index < -0.39 is 10.0 Å². The van der Waals surface area contributed by atoms with Crippen molar-refractivity contribution in [2.45, 2.75) is 45.4 Å². The minimum Gasteiger partial charge on any atom is -0.379 e. The summed E-state index contributed by atoms with van der Waals surface area (Å²) in [6, 6.07) is 6.69. The first-order chi connectivity index (χ1) is 14.5. The smallest absolute Gasteiger partial charge is 0.243 e. The van der Waals surface area contributed by atoms with E-state index in [1.165, 1.54) is 15.6 Å². The zero-order valence-electron chi connectivity index (χ0n) is 18.1. The Morgan fingerprint density at radius 1 is 1.20 bits per heavy atom. The summed E-state index contributed by atoms with van der Waals surface area (Å²) in [6.07, 6.45) is 1.58. The van der Waals surface area contributed by atoms with Crippen molar-refractivity contribution in [3.05, 3.63) is 29.6 Å². The van der Waals surface area contributed by atoms with E-state index in [-0.39, 0.29) is 18.1 Å². The van der Waals surface area contributed by atoms with Gasteiger partial charge in [-0.25, -0.2) is 13.4 Å². The van der Waals surface area contributed by atoms with Crippen molar-refractivity contribution < 1.29 is 19.4 Å². The highest BCUT2D eigenvalue weighted by Crippen LogP contribution is 2.27. The molecule has 2 aromatic rings. The second-order valence-electron chi connectivity index (χ2n) is 6.58.